The molecule has 0 aliphatic heterocycles. The van der Waals surface area contributed by atoms with E-state index in [2.05, 4.69) is 4.74 Å². The fourth-order valence-corrected chi connectivity index (χ4v) is 1.76. The van der Waals surface area contributed by atoms with E-state index in [9.17, 15) is 13.6 Å². The number of ether oxygens (including phenoxy) is 1. The van der Waals surface area contributed by atoms with Crippen molar-refractivity contribution in [1.82, 2.24) is 4.90 Å². The number of hydrogen-bond acceptors (Lipinski definition) is 3. The number of halogens is 2. The first kappa shape index (κ1) is 17.6. The first-order chi connectivity index (χ1) is 10.5. The molecule has 0 aliphatic rings. The molecular weight excluding hydrogens is 290 g/mol. The molecule has 1 rings (SSSR count). The topological polar surface area (TPSA) is 53.3 Å². The summed E-state index contributed by atoms with van der Waals surface area (Å²) in [6.07, 6.45) is 3.24. The molecule has 1 aromatic rings. The van der Waals surface area contributed by atoms with Gasteiger partial charge in [-0.3, -0.25) is 4.79 Å². The molecule has 1 amide bonds. The average molecular weight is 308 g/mol. The van der Waals surface area contributed by atoms with Crippen LogP contribution in [-0.4, -0.2) is 31.0 Å². The first-order valence-corrected chi connectivity index (χ1v) is 6.90. The van der Waals surface area contributed by atoms with Crippen LogP contribution in [0.25, 0.3) is 6.08 Å². The summed E-state index contributed by atoms with van der Waals surface area (Å²) >= 11 is 0. The van der Waals surface area contributed by atoms with Gasteiger partial charge in [0, 0.05) is 13.6 Å². The molecule has 0 bridgehead atoms. The van der Waals surface area contributed by atoms with Gasteiger partial charge in [0.15, 0.2) is 0 Å². The van der Waals surface area contributed by atoms with Crippen LogP contribution >= 0.6 is 0 Å². The number of carbonyl (C=O) groups excluding carboxylic acids is 1. The predicted octanol–water partition coefficient (Wildman–Crippen LogP) is 3.45. The van der Waals surface area contributed by atoms with Gasteiger partial charge in [-0.15, -0.1) is 0 Å². The summed E-state index contributed by atoms with van der Waals surface area (Å²) in [6.45, 7) is -0.289. The molecule has 0 saturated heterocycles. The van der Waals surface area contributed by atoms with E-state index < -0.39 is 6.61 Å². The monoisotopic (exact) mass is 308 g/mol. The lowest BCUT2D eigenvalue weighted by Crippen LogP contribution is -2.28. The second-order valence-corrected chi connectivity index (χ2v) is 4.70. The zero-order valence-electron chi connectivity index (χ0n) is 12.6. The molecule has 0 atom stereocenters. The van der Waals surface area contributed by atoms with Crippen LogP contribution in [0.15, 0.2) is 29.8 Å². The predicted molar refractivity (Wildman–Crippen MR) is 79.2 cm³/mol. The van der Waals surface area contributed by atoms with Crippen LogP contribution < -0.4 is 4.74 Å². The number of nitriles is 1. The molecule has 0 unspecified atom stereocenters. The van der Waals surface area contributed by atoms with Crippen molar-refractivity contribution in [2.24, 2.45) is 0 Å². The van der Waals surface area contributed by atoms with Gasteiger partial charge in [0.2, 0.25) is 0 Å². The van der Waals surface area contributed by atoms with E-state index in [1.165, 1.54) is 35.2 Å². The van der Waals surface area contributed by atoms with E-state index in [0.29, 0.717) is 12.1 Å². The van der Waals surface area contributed by atoms with E-state index in [1.807, 2.05) is 13.0 Å². The van der Waals surface area contributed by atoms with Gasteiger partial charge in [-0.05, 0) is 30.2 Å². The second-order valence-electron chi connectivity index (χ2n) is 4.70. The van der Waals surface area contributed by atoms with Gasteiger partial charge >= 0.3 is 6.61 Å². The summed E-state index contributed by atoms with van der Waals surface area (Å²) in [6, 6.07) is 7.61. The summed E-state index contributed by atoms with van der Waals surface area (Å²) in [5.74, 6) is -0.332. The smallest absolute Gasteiger partial charge is 0.387 e. The number of rotatable bonds is 7. The van der Waals surface area contributed by atoms with Crippen LogP contribution in [-0.2, 0) is 4.79 Å². The summed E-state index contributed by atoms with van der Waals surface area (Å²) in [5.41, 5.74) is 0.566. The fourth-order valence-electron chi connectivity index (χ4n) is 1.76. The maximum absolute atomic E-state index is 12.1. The third-order valence-corrected chi connectivity index (χ3v) is 2.96. The lowest BCUT2D eigenvalue weighted by molar-refractivity contribution is -0.125. The number of alkyl halides is 2. The van der Waals surface area contributed by atoms with Crippen LogP contribution in [0.1, 0.15) is 25.3 Å². The fraction of sp³-hybridized carbons (Fsp3) is 0.375. The number of carbonyl (C=O) groups is 1. The lowest BCUT2D eigenvalue weighted by Gasteiger charge is -2.15. The maximum Gasteiger partial charge on any atom is 0.387 e. The summed E-state index contributed by atoms with van der Waals surface area (Å²) in [4.78, 5) is 13.6. The molecular formula is C16H18F2N2O2. The minimum Gasteiger partial charge on any atom is -0.435 e. The van der Waals surface area contributed by atoms with Gasteiger partial charge in [0.25, 0.3) is 5.91 Å². The highest BCUT2D eigenvalue weighted by atomic mass is 19.3. The van der Waals surface area contributed by atoms with Crippen LogP contribution in [0, 0.1) is 11.3 Å². The van der Waals surface area contributed by atoms with Crippen molar-refractivity contribution in [2.75, 3.05) is 13.6 Å². The molecule has 118 valence electrons. The highest BCUT2D eigenvalue weighted by Gasteiger charge is 2.14. The van der Waals surface area contributed by atoms with Crippen LogP contribution in [0.4, 0.5) is 8.78 Å². The molecule has 0 N–H and O–H groups in total. The third-order valence-electron chi connectivity index (χ3n) is 2.96. The Labute approximate surface area is 128 Å². The highest BCUT2D eigenvalue weighted by Crippen LogP contribution is 2.17. The number of amides is 1. The van der Waals surface area contributed by atoms with E-state index in [4.69, 9.17) is 5.26 Å². The standard InChI is InChI=1S/C16H18F2N2O2/c1-3-4-9-20(2)15(21)13(11-19)10-12-5-7-14(8-6-12)22-16(17)18/h5-8,10,16H,3-4,9H2,1-2H3/b13-10+. The van der Waals surface area contributed by atoms with Crippen LogP contribution in [0.5, 0.6) is 5.75 Å². The lowest BCUT2D eigenvalue weighted by atomic mass is 10.1. The molecule has 0 heterocycles. The van der Waals surface area contributed by atoms with Gasteiger partial charge in [0.1, 0.15) is 17.4 Å². The zero-order chi connectivity index (χ0) is 16.5. The van der Waals surface area contributed by atoms with Crippen molar-refractivity contribution in [3.8, 4) is 11.8 Å². The quantitative estimate of drug-likeness (QED) is 0.572. The van der Waals surface area contributed by atoms with Crippen molar-refractivity contribution >= 4 is 12.0 Å². The summed E-state index contributed by atoms with van der Waals surface area (Å²) < 4.78 is 28.3. The number of nitrogens with zero attached hydrogens (tertiary/aromatic N) is 2. The van der Waals surface area contributed by atoms with Crippen molar-refractivity contribution in [1.29, 1.82) is 5.26 Å². The Morgan fingerprint density at radius 3 is 2.55 bits per heavy atom. The molecule has 0 fully saturated rings. The number of benzene rings is 1. The summed E-state index contributed by atoms with van der Waals surface area (Å²) in [7, 11) is 1.64. The molecule has 0 radical (unpaired) electrons. The average Bonchev–Trinajstić information content (AvgIpc) is 2.50. The van der Waals surface area contributed by atoms with Gasteiger partial charge in [-0.2, -0.15) is 14.0 Å². The molecule has 4 nitrogen and oxygen atoms in total. The Bertz CT molecular complexity index is 563. The molecule has 0 saturated carbocycles. The Morgan fingerprint density at radius 1 is 1.41 bits per heavy atom. The minimum absolute atomic E-state index is 0.00105. The number of hydrogen-bond donors (Lipinski definition) is 0. The van der Waals surface area contributed by atoms with Gasteiger partial charge in [-0.25, -0.2) is 0 Å². The van der Waals surface area contributed by atoms with Crippen LogP contribution in [0.2, 0.25) is 0 Å². The Hall–Kier alpha value is -2.42. The van der Waals surface area contributed by atoms with Gasteiger partial charge in [0.05, 0.1) is 0 Å². The van der Waals surface area contributed by atoms with Crippen molar-refractivity contribution < 1.29 is 18.3 Å². The Kier molecular flexibility index (Phi) is 7.03. The SMILES string of the molecule is CCCCN(C)C(=O)/C(C#N)=C/c1ccc(OC(F)F)cc1. The Balaban J connectivity index is 2.83. The molecule has 6 heteroatoms. The normalized spacial score (nSPS) is 11.2. The first-order valence-electron chi connectivity index (χ1n) is 6.90. The number of unbranched alkanes of at least 4 members (excludes halogenated alkanes) is 1. The van der Waals surface area contributed by atoms with Crippen LogP contribution in [0.3, 0.4) is 0 Å². The number of likely N-dealkylation sites (N-methyl/N-ethyl adjacent to an activating group) is 1. The molecule has 0 spiro atoms. The molecule has 1 aromatic carbocycles. The maximum atomic E-state index is 12.1. The summed E-state index contributed by atoms with van der Waals surface area (Å²) in [5, 5.41) is 9.12. The van der Waals surface area contributed by atoms with Gasteiger partial charge < -0.3 is 9.64 Å². The van der Waals surface area contributed by atoms with E-state index >= 15 is 0 Å². The van der Waals surface area contributed by atoms with E-state index in [-0.39, 0.29) is 17.2 Å². The molecule has 0 aliphatic carbocycles. The minimum atomic E-state index is -2.88. The van der Waals surface area contributed by atoms with E-state index in [1.54, 1.807) is 7.05 Å². The van der Waals surface area contributed by atoms with Crippen molar-refractivity contribution in [2.45, 2.75) is 26.4 Å². The molecule has 0 aromatic heterocycles. The largest absolute Gasteiger partial charge is 0.435 e. The second kappa shape index (κ2) is 8.78. The third kappa shape index (κ3) is 5.52. The van der Waals surface area contributed by atoms with Gasteiger partial charge in [-0.1, -0.05) is 25.5 Å². The highest BCUT2D eigenvalue weighted by molar-refractivity contribution is 6.01. The zero-order valence-corrected chi connectivity index (χ0v) is 12.6. The molecule has 22 heavy (non-hydrogen) atoms. The van der Waals surface area contributed by atoms with Crippen molar-refractivity contribution in [3.63, 3.8) is 0 Å². The van der Waals surface area contributed by atoms with E-state index in [0.717, 1.165) is 12.8 Å². The Morgan fingerprint density at radius 2 is 2.05 bits per heavy atom. The van der Waals surface area contributed by atoms with Crippen molar-refractivity contribution in [3.05, 3.63) is 35.4 Å².